The van der Waals surface area contributed by atoms with Crippen molar-refractivity contribution in [3.05, 3.63) is 23.0 Å². The van der Waals surface area contributed by atoms with Crippen molar-refractivity contribution in [3.8, 4) is 11.8 Å². The highest BCUT2D eigenvalue weighted by atomic mass is 15.1. The Labute approximate surface area is 104 Å². The molecule has 0 saturated carbocycles. The Bertz CT molecular complexity index is 415. The van der Waals surface area contributed by atoms with Crippen molar-refractivity contribution in [1.82, 2.24) is 15.5 Å². The van der Waals surface area contributed by atoms with Crippen LogP contribution in [-0.4, -0.2) is 17.2 Å². The molecule has 0 radical (unpaired) electrons. The Hall–Kier alpha value is -1.40. The molecule has 1 atom stereocenters. The van der Waals surface area contributed by atoms with E-state index in [9.17, 15) is 0 Å². The quantitative estimate of drug-likeness (QED) is 0.791. The second-order valence-corrected chi connectivity index (χ2v) is 4.05. The summed E-state index contributed by atoms with van der Waals surface area (Å²) in [5.41, 5.74) is 3.32. The number of hydrogen-bond acceptors (Lipinski definition) is 3. The minimum atomic E-state index is 0.319. The summed E-state index contributed by atoms with van der Waals surface area (Å²) in [5, 5.41) is 11.7. The maximum atomic E-state index is 4.27. The lowest BCUT2D eigenvalue weighted by Gasteiger charge is -2.18. The van der Waals surface area contributed by atoms with Crippen LogP contribution in [0, 0.1) is 18.8 Å². The van der Waals surface area contributed by atoms with Gasteiger partial charge in [0.1, 0.15) is 0 Å². The summed E-state index contributed by atoms with van der Waals surface area (Å²) in [6.07, 6.45) is 2.84. The molecule has 1 N–H and O–H groups in total. The van der Waals surface area contributed by atoms with Gasteiger partial charge >= 0.3 is 0 Å². The van der Waals surface area contributed by atoms with Gasteiger partial charge in [-0.1, -0.05) is 6.92 Å². The van der Waals surface area contributed by atoms with Gasteiger partial charge in [-0.2, -0.15) is 10.2 Å². The van der Waals surface area contributed by atoms with Crippen molar-refractivity contribution < 1.29 is 0 Å². The van der Waals surface area contributed by atoms with Crippen LogP contribution in [0.3, 0.4) is 0 Å². The van der Waals surface area contributed by atoms with Crippen LogP contribution in [0.1, 0.15) is 49.7 Å². The fraction of sp³-hybridized carbons (Fsp3) is 0.571. The normalized spacial score (nSPS) is 11.8. The van der Waals surface area contributed by atoms with Crippen LogP contribution in [0.4, 0.5) is 0 Å². The van der Waals surface area contributed by atoms with Crippen molar-refractivity contribution in [2.45, 2.75) is 46.1 Å². The molecule has 1 unspecified atom stereocenters. The average molecular weight is 231 g/mol. The second kappa shape index (κ2) is 7.03. The van der Waals surface area contributed by atoms with Gasteiger partial charge in [-0.3, -0.25) is 0 Å². The molecular formula is C14H21N3. The highest BCUT2D eigenvalue weighted by Crippen LogP contribution is 2.21. The average Bonchev–Trinajstić information content (AvgIpc) is 2.35. The number of hydrogen-bond donors (Lipinski definition) is 1. The van der Waals surface area contributed by atoms with Gasteiger partial charge in [-0.15, -0.1) is 11.8 Å². The first-order valence-electron chi connectivity index (χ1n) is 6.12. The lowest BCUT2D eigenvalue weighted by Crippen LogP contribution is -2.19. The van der Waals surface area contributed by atoms with Crippen LogP contribution in [0.2, 0.25) is 0 Å². The third kappa shape index (κ3) is 3.83. The first kappa shape index (κ1) is 13.7. The van der Waals surface area contributed by atoms with E-state index < -0.39 is 0 Å². The van der Waals surface area contributed by atoms with Crippen molar-refractivity contribution >= 4 is 0 Å². The molecule has 17 heavy (non-hydrogen) atoms. The molecule has 92 valence electrons. The van der Waals surface area contributed by atoms with Gasteiger partial charge in [0, 0.05) is 12.5 Å². The van der Waals surface area contributed by atoms with Gasteiger partial charge in [0.2, 0.25) is 0 Å². The lowest BCUT2D eigenvalue weighted by atomic mass is 9.99. The molecule has 0 spiro atoms. The van der Waals surface area contributed by atoms with Crippen molar-refractivity contribution in [3.63, 3.8) is 0 Å². The first-order chi connectivity index (χ1) is 8.22. The second-order valence-electron chi connectivity index (χ2n) is 4.05. The Balaban J connectivity index is 2.91. The number of rotatable bonds is 5. The minimum Gasteiger partial charge on any atom is -0.313 e. The van der Waals surface area contributed by atoms with Crippen LogP contribution in [0.25, 0.3) is 0 Å². The maximum Gasteiger partial charge on any atom is 0.0676 e. The van der Waals surface area contributed by atoms with Gasteiger partial charge in [-0.05, 0) is 45.4 Å². The molecule has 1 aromatic heterocycles. The summed E-state index contributed by atoms with van der Waals surface area (Å²) in [4.78, 5) is 0. The largest absolute Gasteiger partial charge is 0.313 e. The van der Waals surface area contributed by atoms with E-state index in [1.165, 1.54) is 5.56 Å². The Morgan fingerprint density at radius 2 is 2.18 bits per heavy atom. The number of nitrogens with one attached hydrogen (secondary N) is 1. The molecule has 0 fully saturated rings. The Morgan fingerprint density at radius 1 is 1.41 bits per heavy atom. The number of aryl methyl sites for hydroxylation is 2. The molecule has 3 heteroatoms. The monoisotopic (exact) mass is 231 g/mol. The van der Waals surface area contributed by atoms with E-state index in [0.29, 0.717) is 6.04 Å². The van der Waals surface area contributed by atoms with Crippen molar-refractivity contribution in [2.75, 3.05) is 7.05 Å². The number of aromatic nitrogens is 2. The van der Waals surface area contributed by atoms with E-state index in [1.54, 1.807) is 0 Å². The molecular weight excluding hydrogens is 210 g/mol. The van der Waals surface area contributed by atoms with Gasteiger partial charge in [0.25, 0.3) is 0 Å². The zero-order valence-corrected chi connectivity index (χ0v) is 11.2. The molecule has 0 aliphatic carbocycles. The van der Waals surface area contributed by atoms with Crippen LogP contribution in [-0.2, 0) is 6.42 Å². The third-order valence-electron chi connectivity index (χ3n) is 2.82. The van der Waals surface area contributed by atoms with E-state index >= 15 is 0 Å². The van der Waals surface area contributed by atoms with E-state index in [4.69, 9.17) is 0 Å². The molecule has 0 aliphatic rings. The SMILES string of the molecule is CC#CCCC(NC)c1cc(C)nnc1CC. The highest BCUT2D eigenvalue weighted by molar-refractivity contribution is 5.25. The Morgan fingerprint density at radius 3 is 2.76 bits per heavy atom. The summed E-state index contributed by atoms with van der Waals surface area (Å²) in [7, 11) is 1.99. The van der Waals surface area contributed by atoms with Crippen LogP contribution in [0.5, 0.6) is 0 Å². The fourth-order valence-electron chi connectivity index (χ4n) is 1.91. The first-order valence-corrected chi connectivity index (χ1v) is 6.12. The zero-order valence-electron chi connectivity index (χ0n) is 11.2. The van der Waals surface area contributed by atoms with Gasteiger partial charge in [-0.25, -0.2) is 0 Å². The molecule has 1 rings (SSSR count). The topological polar surface area (TPSA) is 37.8 Å². The molecule has 0 aliphatic heterocycles. The molecule has 0 aromatic carbocycles. The smallest absolute Gasteiger partial charge is 0.0676 e. The summed E-state index contributed by atoms with van der Waals surface area (Å²) in [6.45, 7) is 5.97. The van der Waals surface area contributed by atoms with E-state index in [1.807, 2.05) is 20.9 Å². The lowest BCUT2D eigenvalue weighted by molar-refractivity contribution is 0.547. The van der Waals surface area contributed by atoms with Crippen LogP contribution in [0.15, 0.2) is 6.07 Å². The fourth-order valence-corrected chi connectivity index (χ4v) is 1.91. The highest BCUT2D eigenvalue weighted by Gasteiger charge is 2.14. The molecule has 1 heterocycles. The molecule has 0 saturated heterocycles. The molecule has 0 amide bonds. The zero-order chi connectivity index (χ0) is 12.7. The van der Waals surface area contributed by atoms with Crippen LogP contribution < -0.4 is 5.32 Å². The molecule has 0 bridgehead atoms. The van der Waals surface area contributed by atoms with Gasteiger partial charge in [0.15, 0.2) is 0 Å². The Kier molecular flexibility index (Phi) is 5.65. The summed E-state index contributed by atoms with van der Waals surface area (Å²) >= 11 is 0. The van der Waals surface area contributed by atoms with Gasteiger partial charge < -0.3 is 5.32 Å². The van der Waals surface area contributed by atoms with E-state index in [2.05, 4.69) is 40.3 Å². The van der Waals surface area contributed by atoms with E-state index in [-0.39, 0.29) is 0 Å². The summed E-state index contributed by atoms with van der Waals surface area (Å²) in [5.74, 6) is 6.04. The number of nitrogens with zero attached hydrogens (tertiary/aromatic N) is 2. The van der Waals surface area contributed by atoms with Crippen molar-refractivity contribution in [1.29, 1.82) is 0 Å². The predicted octanol–water partition coefficient (Wildman–Crippen LogP) is 2.41. The summed E-state index contributed by atoms with van der Waals surface area (Å²) < 4.78 is 0. The molecule has 3 nitrogen and oxygen atoms in total. The summed E-state index contributed by atoms with van der Waals surface area (Å²) in [6, 6.07) is 2.45. The van der Waals surface area contributed by atoms with Gasteiger partial charge in [0.05, 0.1) is 11.4 Å². The standard InChI is InChI=1S/C14H21N3/c1-5-7-8-9-14(15-4)12-10-11(3)16-17-13(12)6-2/h10,14-15H,6,8-9H2,1-4H3. The van der Waals surface area contributed by atoms with Crippen molar-refractivity contribution in [2.24, 2.45) is 0 Å². The minimum absolute atomic E-state index is 0.319. The van der Waals surface area contributed by atoms with Crippen LogP contribution >= 0.6 is 0 Å². The molecule has 1 aromatic rings. The van der Waals surface area contributed by atoms with E-state index in [0.717, 1.165) is 30.7 Å². The maximum absolute atomic E-state index is 4.27. The third-order valence-corrected chi connectivity index (χ3v) is 2.82. The predicted molar refractivity (Wildman–Crippen MR) is 70.6 cm³/mol.